The lowest BCUT2D eigenvalue weighted by Crippen LogP contribution is -2.42. The van der Waals surface area contributed by atoms with Crippen LogP contribution in [0.5, 0.6) is 0 Å². The monoisotopic (exact) mass is 303 g/mol. The number of aliphatic hydroxyl groups is 1. The van der Waals surface area contributed by atoms with Crippen molar-refractivity contribution in [2.75, 3.05) is 6.61 Å². The fourth-order valence-electron chi connectivity index (χ4n) is 1.67. The number of carboxylic acids is 2. The summed E-state index contributed by atoms with van der Waals surface area (Å²) >= 11 is 0. The summed E-state index contributed by atoms with van der Waals surface area (Å²) in [6, 6.07) is -1.20. The molecule has 0 heterocycles. The summed E-state index contributed by atoms with van der Waals surface area (Å²) in [7, 11) is 0. The number of carbonyl (C=O) groups is 4. The second-order valence-electron chi connectivity index (χ2n) is 4.64. The second kappa shape index (κ2) is 10.8. The van der Waals surface area contributed by atoms with Crippen molar-refractivity contribution in [3.8, 4) is 0 Å². The number of hydrogen-bond donors (Lipinski definition) is 4. The zero-order chi connectivity index (χ0) is 16.3. The number of amides is 1. The first-order valence-corrected chi connectivity index (χ1v) is 6.73. The number of carbonyl (C=O) groups excluding carboxylic acids is 2. The lowest BCUT2D eigenvalue weighted by atomic mass is 10.1. The molecule has 0 aromatic carbocycles. The third kappa shape index (κ3) is 10.5. The highest BCUT2D eigenvalue weighted by Crippen LogP contribution is 2.05. The summed E-state index contributed by atoms with van der Waals surface area (Å²) in [6.45, 7) is -0.380. The van der Waals surface area contributed by atoms with Gasteiger partial charge in [0.25, 0.3) is 0 Å². The fourth-order valence-corrected chi connectivity index (χ4v) is 1.67. The molecule has 8 heteroatoms. The van der Waals surface area contributed by atoms with Gasteiger partial charge in [0.05, 0.1) is 6.42 Å². The summed E-state index contributed by atoms with van der Waals surface area (Å²) < 4.78 is 0. The van der Waals surface area contributed by atoms with Crippen molar-refractivity contribution in [3.05, 3.63) is 0 Å². The molecule has 0 aliphatic heterocycles. The Morgan fingerprint density at radius 2 is 1.57 bits per heavy atom. The van der Waals surface area contributed by atoms with E-state index in [1.165, 1.54) is 0 Å². The zero-order valence-electron chi connectivity index (χ0n) is 11.7. The van der Waals surface area contributed by atoms with Crippen molar-refractivity contribution in [1.82, 2.24) is 5.32 Å². The van der Waals surface area contributed by atoms with Crippen LogP contribution in [0.2, 0.25) is 0 Å². The van der Waals surface area contributed by atoms with Gasteiger partial charge < -0.3 is 20.6 Å². The molecule has 0 aliphatic rings. The zero-order valence-corrected chi connectivity index (χ0v) is 11.7. The third-order valence-corrected chi connectivity index (χ3v) is 2.76. The number of Topliss-reactive ketones (excluding diaryl/α,β-unsaturated/α-hetero) is 1. The topological polar surface area (TPSA) is 141 Å². The Morgan fingerprint density at radius 1 is 0.952 bits per heavy atom. The van der Waals surface area contributed by atoms with Crippen LogP contribution in [0.4, 0.5) is 0 Å². The smallest absolute Gasteiger partial charge is 0.326 e. The minimum absolute atomic E-state index is 0.0517. The largest absolute Gasteiger partial charge is 0.481 e. The Labute approximate surface area is 122 Å². The molecule has 120 valence electrons. The molecule has 0 aromatic heterocycles. The first kappa shape index (κ1) is 19.0. The highest BCUT2D eigenvalue weighted by Gasteiger charge is 2.20. The third-order valence-electron chi connectivity index (χ3n) is 2.76. The Bertz CT molecular complexity index is 381. The standard InChI is InChI=1S/C13H21NO7/c15-7-6-10(13(20)21)14-11(17)8-9(16)4-2-1-3-5-12(18)19/h10,15H,1-8H2,(H,14,17)(H,18,19)(H,20,21)/t10-/m0/s1. The number of ketones is 1. The highest BCUT2D eigenvalue weighted by molar-refractivity contribution is 5.99. The Morgan fingerprint density at radius 3 is 2.10 bits per heavy atom. The van der Waals surface area contributed by atoms with E-state index in [1.807, 2.05) is 0 Å². The van der Waals surface area contributed by atoms with Crippen molar-refractivity contribution in [3.63, 3.8) is 0 Å². The van der Waals surface area contributed by atoms with Gasteiger partial charge in [0.2, 0.25) is 5.91 Å². The number of rotatable bonds is 12. The average Bonchev–Trinajstić information content (AvgIpc) is 2.37. The molecule has 1 amide bonds. The molecule has 0 unspecified atom stereocenters. The van der Waals surface area contributed by atoms with Crippen LogP contribution in [0, 0.1) is 0 Å². The number of hydrogen-bond acceptors (Lipinski definition) is 5. The molecule has 4 N–H and O–H groups in total. The van der Waals surface area contributed by atoms with Crippen LogP contribution in [0.15, 0.2) is 0 Å². The normalized spacial score (nSPS) is 11.7. The van der Waals surface area contributed by atoms with E-state index in [-0.39, 0.29) is 31.7 Å². The molecule has 0 aromatic rings. The molecule has 0 fully saturated rings. The van der Waals surface area contributed by atoms with Gasteiger partial charge in [0.15, 0.2) is 0 Å². The van der Waals surface area contributed by atoms with Gasteiger partial charge in [0, 0.05) is 25.9 Å². The fraction of sp³-hybridized carbons (Fsp3) is 0.692. The molecule has 0 saturated heterocycles. The van der Waals surface area contributed by atoms with Gasteiger partial charge in [-0.3, -0.25) is 14.4 Å². The second-order valence-corrected chi connectivity index (χ2v) is 4.64. The average molecular weight is 303 g/mol. The highest BCUT2D eigenvalue weighted by atomic mass is 16.4. The molecule has 0 bridgehead atoms. The van der Waals surface area contributed by atoms with Crippen LogP contribution in [-0.4, -0.2) is 51.6 Å². The summed E-state index contributed by atoms with van der Waals surface area (Å²) in [4.78, 5) is 44.0. The van der Waals surface area contributed by atoms with Gasteiger partial charge in [-0.05, 0) is 12.8 Å². The quantitative estimate of drug-likeness (QED) is 0.292. The maximum atomic E-state index is 11.5. The predicted octanol–water partition coefficient (Wildman–Crippen LogP) is -0.0675. The van der Waals surface area contributed by atoms with Crippen molar-refractivity contribution < 1.29 is 34.5 Å². The maximum absolute atomic E-state index is 11.5. The van der Waals surface area contributed by atoms with Crippen LogP contribution >= 0.6 is 0 Å². The van der Waals surface area contributed by atoms with Crippen LogP contribution in [0.1, 0.15) is 44.9 Å². The van der Waals surface area contributed by atoms with Crippen molar-refractivity contribution >= 4 is 23.6 Å². The lowest BCUT2D eigenvalue weighted by Gasteiger charge is -2.12. The number of carboxylic acid groups (broad SMARTS) is 2. The molecule has 0 rings (SSSR count). The number of aliphatic carboxylic acids is 2. The van der Waals surface area contributed by atoms with Crippen molar-refractivity contribution in [2.45, 2.75) is 51.0 Å². The lowest BCUT2D eigenvalue weighted by molar-refractivity contribution is -0.143. The summed E-state index contributed by atoms with van der Waals surface area (Å²) in [6.07, 6.45) is 1.24. The molecule has 0 radical (unpaired) electrons. The van der Waals surface area contributed by atoms with E-state index >= 15 is 0 Å². The first-order valence-electron chi connectivity index (χ1n) is 6.73. The van der Waals surface area contributed by atoms with E-state index in [4.69, 9.17) is 15.3 Å². The molecule has 0 saturated carbocycles. The molecular formula is C13H21NO7. The Balaban J connectivity index is 3.90. The van der Waals surface area contributed by atoms with E-state index in [1.54, 1.807) is 0 Å². The van der Waals surface area contributed by atoms with E-state index in [0.717, 1.165) is 0 Å². The minimum atomic E-state index is -1.27. The van der Waals surface area contributed by atoms with E-state index in [2.05, 4.69) is 5.32 Å². The maximum Gasteiger partial charge on any atom is 0.326 e. The van der Waals surface area contributed by atoms with Crippen LogP contribution in [0.3, 0.4) is 0 Å². The van der Waals surface area contributed by atoms with Gasteiger partial charge in [0.1, 0.15) is 11.8 Å². The van der Waals surface area contributed by atoms with Crippen molar-refractivity contribution in [1.29, 1.82) is 0 Å². The first-order chi connectivity index (χ1) is 9.86. The van der Waals surface area contributed by atoms with Gasteiger partial charge in [-0.15, -0.1) is 0 Å². The molecule has 0 aliphatic carbocycles. The van der Waals surface area contributed by atoms with E-state index in [9.17, 15) is 19.2 Å². The molecule has 0 spiro atoms. The van der Waals surface area contributed by atoms with Gasteiger partial charge >= 0.3 is 11.9 Å². The molecular weight excluding hydrogens is 282 g/mol. The number of unbranched alkanes of at least 4 members (excludes halogenated alkanes) is 2. The predicted molar refractivity (Wildman–Crippen MR) is 71.6 cm³/mol. The van der Waals surface area contributed by atoms with E-state index in [0.29, 0.717) is 19.3 Å². The minimum Gasteiger partial charge on any atom is -0.481 e. The van der Waals surface area contributed by atoms with Gasteiger partial charge in [-0.1, -0.05) is 6.42 Å². The van der Waals surface area contributed by atoms with Crippen molar-refractivity contribution in [2.24, 2.45) is 0 Å². The number of aliphatic hydroxyl groups excluding tert-OH is 1. The summed E-state index contributed by atoms with van der Waals surface area (Å²) in [5, 5.41) is 28.0. The van der Waals surface area contributed by atoms with Gasteiger partial charge in [-0.25, -0.2) is 4.79 Å². The molecule has 8 nitrogen and oxygen atoms in total. The molecule has 1 atom stereocenters. The summed E-state index contributed by atoms with van der Waals surface area (Å²) in [5.41, 5.74) is 0. The molecule has 21 heavy (non-hydrogen) atoms. The SMILES string of the molecule is O=C(O)CCCCCC(=O)CC(=O)N[C@@H](CCO)C(=O)O. The Hall–Kier alpha value is -1.96. The van der Waals surface area contributed by atoms with Crippen LogP contribution in [0.25, 0.3) is 0 Å². The Kier molecular flexibility index (Phi) is 9.78. The van der Waals surface area contributed by atoms with Gasteiger partial charge in [-0.2, -0.15) is 0 Å². The number of nitrogens with one attached hydrogen (secondary N) is 1. The van der Waals surface area contributed by atoms with E-state index < -0.39 is 30.3 Å². The summed E-state index contributed by atoms with van der Waals surface area (Å²) in [5.74, 6) is -3.16. The van der Waals surface area contributed by atoms with Crippen LogP contribution < -0.4 is 5.32 Å². The van der Waals surface area contributed by atoms with Crippen LogP contribution in [-0.2, 0) is 19.2 Å².